The molecule has 3 fully saturated rings. The number of alkyl carbamates (subject to hydrolysis) is 1. The van der Waals surface area contributed by atoms with Crippen LogP contribution in [0.3, 0.4) is 0 Å². The molecule has 0 radical (unpaired) electrons. The molecule has 9 atom stereocenters. The highest BCUT2D eigenvalue weighted by atomic mass is 16.6. The van der Waals surface area contributed by atoms with Crippen LogP contribution in [0, 0.1) is 0 Å². The van der Waals surface area contributed by atoms with E-state index in [2.05, 4.69) is 66.6 Å². The number of aromatic nitrogens is 2. The molecule has 19 heteroatoms. The number of hydrogen-bond donors (Lipinski definition) is 1. The number of carbonyl (C=O) groups is 3. The van der Waals surface area contributed by atoms with E-state index < -0.39 is 17.5 Å². The highest BCUT2D eigenvalue weighted by Gasteiger charge is 2.34. The van der Waals surface area contributed by atoms with E-state index in [4.69, 9.17) is 32.8 Å². The average Bonchev–Trinajstić information content (AvgIpc) is 4.35. The van der Waals surface area contributed by atoms with Crippen LogP contribution in [0.25, 0.3) is 0 Å². The molecule has 1 amide bonds. The van der Waals surface area contributed by atoms with Gasteiger partial charge in [0.25, 0.3) is 0 Å². The largest absolute Gasteiger partial charge is 0.459 e. The van der Waals surface area contributed by atoms with Gasteiger partial charge in [-0.05, 0) is 78.6 Å². The third-order valence-electron chi connectivity index (χ3n) is 14.2. The maximum absolute atomic E-state index is 13.9. The lowest BCUT2D eigenvalue weighted by atomic mass is 10.1. The van der Waals surface area contributed by atoms with Crippen molar-refractivity contribution in [3.8, 4) is 0 Å². The summed E-state index contributed by atoms with van der Waals surface area (Å²) in [5.41, 5.74) is -0.392. The number of nitrogens with one attached hydrogen (secondary N) is 1. The second kappa shape index (κ2) is 38.0. The molecule has 4 heterocycles. The number of amides is 1. The second-order valence-corrected chi connectivity index (χ2v) is 21.4. The molecule has 3 aliphatic heterocycles. The highest BCUT2D eigenvalue weighted by Crippen LogP contribution is 2.20. The quantitative estimate of drug-likeness (QED) is 0.0297. The number of hydrogen-bond acceptors (Lipinski definition) is 16. The van der Waals surface area contributed by atoms with E-state index in [1.807, 2.05) is 0 Å². The molecule has 1 N–H and O–H groups in total. The van der Waals surface area contributed by atoms with Crippen LogP contribution in [0.2, 0.25) is 0 Å². The number of esters is 2. The lowest BCUT2D eigenvalue weighted by Gasteiger charge is -2.19. The Labute approximate surface area is 449 Å². The van der Waals surface area contributed by atoms with Gasteiger partial charge in [0.05, 0.1) is 19.8 Å². The highest BCUT2D eigenvalue weighted by molar-refractivity contribution is 5.70. The van der Waals surface area contributed by atoms with Crippen LogP contribution in [-0.2, 0) is 51.1 Å². The van der Waals surface area contributed by atoms with Crippen molar-refractivity contribution in [2.45, 2.75) is 232 Å². The predicted molar refractivity (Wildman–Crippen MR) is 290 cm³/mol. The number of ether oxygens (including phenoxy) is 6. The summed E-state index contributed by atoms with van der Waals surface area (Å²) < 4.78 is 43.1. The number of rotatable bonds is 47. The molecule has 3 saturated heterocycles. The zero-order valence-electron chi connectivity index (χ0n) is 47.4. The van der Waals surface area contributed by atoms with Gasteiger partial charge in [0, 0.05) is 116 Å². The summed E-state index contributed by atoms with van der Waals surface area (Å²) in [5, 5.41) is 2.87. The van der Waals surface area contributed by atoms with Gasteiger partial charge >= 0.3 is 35.2 Å². The fraction of sp³-hybridized carbons (Fsp3) is 0.893. The Bertz CT molecular complexity index is 1930. The summed E-state index contributed by atoms with van der Waals surface area (Å²) in [6.45, 7) is 22.6. The van der Waals surface area contributed by atoms with Crippen molar-refractivity contribution >= 4 is 18.0 Å². The molecule has 0 saturated carbocycles. The molecule has 3 aliphatic rings. The lowest BCUT2D eigenvalue weighted by Crippen LogP contribution is -2.47. The summed E-state index contributed by atoms with van der Waals surface area (Å²) >= 11 is 0. The smallest absolute Gasteiger partial charge is 0.425 e. The molecule has 0 bridgehead atoms. The molecule has 75 heavy (non-hydrogen) atoms. The van der Waals surface area contributed by atoms with Crippen molar-refractivity contribution in [1.29, 1.82) is 0 Å². The summed E-state index contributed by atoms with van der Waals surface area (Å²) in [6, 6.07) is 1.56. The minimum absolute atomic E-state index is 0.0404. The van der Waals surface area contributed by atoms with E-state index in [1.165, 1.54) is 9.13 Å². The Morgan fingerprint density at radius 2 is 0.947 bits per heavy atom. The van der Waals surface area contributed by atoms with E-state index in [0.29, 0.717) is 129 Å². The molecule has 0 spiro atoms. The first-order valence-corrected chi connectivity index (χ1v) is 29.6. The first kappa shape index (κ1) is 63.9. The van der Waals surface area contributed by atoms with Crippen molar-refractivity contribution in [2.75, 3.05) is 92.0 Å². The van der Waals surface area contributed by atoms with E-state index in [9.17, 15) is 24.0 Å². The Morgan fingerprint density at radius 3 is 1.40 bits per heavy atom. The van der Waals surface area contributed by atoms with E-state index in [1.54, 1.807) is 0 Å². The summed E-state index contributed by atoms with van der Waals surface area (Å²) in [7, 11) is 0. The third kappa shape index (κ3) is 28.5. The first-order valence-electron chi connectivity index (χ1n) is 29.6. The van der Waals surface area contributed by atoms with Gasteiger partial charge in [0.15, 0.2) is 0 Å². The average molecular weight is 1060 g/mol. The standard InChI is InChI=1S/C56H101N7O12/c1-7-10-33-69-42-48(39-59-36-45(59)4)72-51(64)27-21-15-13-17-23-29-57-53-62(31-25-19-14-16-22-28-52(65)73-49(40-60-37-46(60)5)43-70-34-11-8-2)55(67)63(56(68)75-53)32-26-20-18-24-30-58-54(66)74-50(41-61-38-47(61)6)44-71-35-12-9-3/h45-50H,7-44H2,1-6H3,(H,58,66). The van der Waals surface area contributed by atoms with Gasteiger partial charge < -0.3 is 38.2 Å². The fourth-order valence-electron chi connectivity index (χ4n) is 8.95. The van der Waals surface area contributed by atoms with Gasteiger partial charge in [-0.25, -0.2) is 28.5 Å². The van der Waals surface area contributed by atoms with Gasteiger partial charge in [0.2, 0.25) is 0 Å². The van der Waals surface area contributed by atoms with Gasteiger partial charge in [-0.1, -0.05) is 91.4 Å². The molecular weight excluding hydrogens is 963 g/mol. The molecule has 4 rings (SSSR count). The molecule has 0 aromatic carbocycles. The molecule has 1 aromatic rings. The zero-order chi connectivity index (χ0) is 54.0. The Kier molecular flexibility index (Phi) is 32.4. The zero-order valence-corrected chi connectivity index (χ0v) is 47.4. The molecule has 1 aromatic heterocycles. The Balaban J connectivity index is 1.22. The van der Waals surface area contributed by atoms with Crippen LogP contribution in [0.4, 0.5) is 4.79 Å². The van der Waals surface area contributed by atoms with Crippen LogP contribution in [-0.4, -0.2) is 170 Å². The number of carbonyl (C=O) groups excluding carboxylic acids is 3. The minimum Gasteiger partial charge on any atom is -0.459 e. The van der Waals surface area contributed by atoms with Crippen LogP contribution in [0.5, 0.6) is 0 Å². The van der Waals surface area contributed by atoms with Crippen LogP contribution in [0.1, 0.15) is 183 Å². The summed E-state index contributed by atoms with van der Waals surface area (Å²) in [4.78, 5) is 76.8. The Morgan fingerprint density at radius 1 is 0.547 bits per heavy atom. The minimum atomic E-state index is -0.722. The first-order chi connectivity index (χ1) is 36.4. The normalized spacial score (nSPS) is 21.1. The monoisotopic (exact) mass is 1060 g/mol. The maximum atomic E-state index is 13.9. The van der Waals surface area contributed by atoms with Crippen molar-refractivity contribution in [3.05, 3.63) is 26.7 Å². The van der Waals surface area contributed by atoms with Crippen LogP contribution >= 0.6 is 0 Å². The predicted octanol–water partition coefficient (Wildman–Crippen LogP) is 7.23. The molecule has 9 unspecified atom stereocenters. The maximum Gasteiger partial charge on any atom is 0.425 e. The summed E-state index contributed by atoms with van der Waals surface area (Å²) in [6.07, 6.45) is 16.5. The van der Waals surface area contributed by atoms with E-state index in [0.717, 1.165) is 129 Å². The lowest BCUT2D eigenvalue weighted by molar-refractivity contribution is -0.153. The summed E-state index contributed by atoms with van der Waals surface area (Å²) in [5.74, 6) is -1.10. The topological polar surface area (TPSA) is 197 Å². The fourth-order valence-corrected chi connectivity index (χ4v) is 8.95. The van der Waals surface area contributed by atoms with Crippen molar-refractivity contribution in [1.82, 2.24) is 29.2 Å². The third-order valence-corrected chi connectivity index (χ3v) is 14.2. The number of unbranched alkanes of at least 4 members (excludes halogenated alkanes) is 14. The molecule has 19 nitrogen and oxygen atoms in total. The van der Waals surface area contributed by atoms with Crippen molar-refractivity contribution < 1.29 is 47.2 Å². The van der Waals surface area contributed by atoms with Gasteiger partial charge in [0.1, 0.15) is 18.3 Å². The molecular formula is C56H101N7O12. The van der Waals surface area contributed by atoms with Crippen LogP contribution in [0.15, 0.2) is 19.0 Å². The molecule has 0 aliphatic carbocycles. The second-order valence-electron chi connectivity index (χ2n) is 21.4. The SMILES string of the molecule is CCCCOCC(CN1CC1C)OC(=O)CCCCCCCN=c1oc(=O)n(CCCCCCNC(=O)OC(COCCCC)CN2CC2C)c(=O)n1CCCCCCCC(=O)OC(COCCCC)CN1CC1C. The van der Waals surface area contributed by atoms with E-state index >= 15 is 0 Å². The van der Waals surface area contributed by atoms with Crippen molar-refractivity contribution in [3.63, 3.8) is 0 Å². The van der Waals surface area contributed by atoms with Crippen molar-refractivity contribution in [2.24, 2.45) is 4.99 Å². The van der Waals surface area contributed by atoms with Gasteiger partial charge in [-0.2, -0.15) is 0 Å². The van der Waals surface area contributed by atoms with Crippen LogP contribution < -0.4 is 22.4 Å². The van der Waals surface area contributed by atoms with E-state index in [-0.39, 0.29) is 42.5 Å². The van der Waals surface area contributed by atoms with Gasteiger partial charge in [-0.3, -0.25) is 24.3 Å². The van der Waals surface area contributed by atoms with Gasteiger partial charge in [-0.15, -0.1) is 0 Å². The Hall–Kier alpha value is -3.62. The molecule has 432 valence electrons. The number of nitrogens with zero attached hydrogens (tertiary/aromatic N) is 6.